The predicted octanol–water partition coefficient (Wildman–Crippen LogP) is 1.79. The third-order valence-corrected chi connectivity index (χ3v) is 3.81. The Morgan fingerprint density at radius 2 is 2.05 bits per heavy atom. The number of rotatable bonds is 6. The molecule has 0 saturated heterocycles. The molecule has 0 radical (unpaired) electrons. The second kappa shape index (κ2) is 5.60. The van der Waals surface area contributed by atoms with Gasteiger partial charge in [0.25, 0.3) is 0 Å². The van der Waals surface area contributed by atoms with E-state index in [4.69, 9.17) is 5.11 Å². The molecule has 3 rings (SSSR count). The van der Waals surface area contributed by atoms with Crippen LogP contribution in [0.3, 0.4) is 0 Å². The Kier molecular flexibility index (Phi) is 3.64. The van der Waals surface area contributed by atoms with Gasteiger partial charge in [-0.3, -0.25) is 9.59 Å². The number of hydrogen-bond acceptors (Lipinski definition) is 2. The molecule has 110 valence electrons. The fourth-order valence-electron chi connectivity index (χ4n) is 2.55. The summed E-state index contributed by atoms with van der Waals surface area (Å²) in [5, 5.41) is 12.8. The summed E-state index contributed by atoms with van der Waals surface area (Å²) in [5.41, 5.74) is 1.64. The number of carbonyl (C=O) groups is 2. The number of amides is 1. The fourth-order valence-corrected chi connectivity index (χ4v) is 2.55. The van der Waals surface area contributed by atoms with Crippen LogP contribution in [0, 0.1) is 5.92 Å². The van der Waals surface area contributed by atoms with Crippen LogP contribution < -0.4 is 5.32 Å². The number of carbonyl (C=O) groups excluding carboxylic acids is 1. The summed E-state index contributed by atoms with van der Waals surface area (Å²) in [6.45, 7) is 0.979. The third kappa shape index (κ3) is 3.24. The van der Waals surface area contributed by atoms with Crippen LogP contribution in [0.15, 0.2) is 30.5 Å². The zero-order valence-electron chi connectivity index (χ0n) is 11.7. The first-order valence-electron chi connectivity index (χ1n) is 7.18. The van der Waals surface area contributed by atoms with Crippen LogP contribution >= 0.6 is 0 Å². The number of para-hydroxylation sites is 1. The van der Waals surface area contributed by atoms with Crippen LogP contribution in [0.4, 0.5) is 0 Å². The number of carboxylic acids is 1. The van der Waals surface area contributed by atoms with Crippen LogP contribution in [0.2, 0.25) is 0 Å². The number of hydrogen-bond donors (Lipinski definition) is 2. The SMILES string of the molecule is O=C(O)Cc1cn(CC(=O)NCC2CC2)c2ccccc12. The Bertz CT molecular complexity index is 686. The zero-order valence-corrected chi connectivity index (χ0v) is 11.7. The summed E-state index contributed by atoms with van der Waals surface area (Å²) < 4.78 is 1.83. The van der Waals surface area contributed by atoms with Crippen LogP contribution in [-0.2, 0) is 22.6 Å². The molecule has 0 aliphatic heterocycles. The third-order valence-electron chi connectivity index (χ3n) is 3.81. The fraction of sp³-hybridized carbons (Fsp3) is 0.375. The van der Waals surface area contributed by atoms with E-state index in [1.54, 1.807) is 6.20 Å². The summed E-state index contributed by atoms with van der Waals surface area (Å²) in [5.74, 6) is -0.237. The summed E-state index contributed by atoms with van der Waals surface area (Å²) >= 11 is 0. The van der Waals surface area contributed by atoms with Gasteiger partial charge in [0.2, 0.25) is 5.91 Å². The number of nitrogens with one attached hydrogen (secondary N) is 1. The molecule has 1 aliphatic carbocycles. The molecule has 1 aromatic heterocycles. The van der Waals surface area contributed by atoms with Crippen molar-refractivity contribution in [2.45, 2.75) is 25.8 Å². The van der Waals surface area contributed by atoms with E-state index in [1.165, 1.54) is 12.8 Å². The largest absolute Gasteiger partial charge is 0.481 e. The van der Waals surface area contributed by atoms with Crippen molar-refractivity contribution in [3.05, 3.63) is 36.0 Å². The van der Waals surface area contributed by atoms with E-state index < -0.39 is 5.97 Å². The van der Waals surface area contributed by atoms with Crippen LogP contribution in [0.5, 0.6) is 0 Å². The zero-order chi connectivity index (χ0) is 14.8. The van der Waals surface area contributed by atoms with Crippen molar-refractivity contribution in [1.29, 1.82) is 0 Å². The first-order chi connectivity index (χ1) is 10.1. The Balaban J connectivity index is 1.80. The molecule has 0 bridgehead atoms. The Morgan fingerprint density at radius 1 is 1.29 bits per heavy atom. The van der Waals surface area contributed by atoms with E-state index >= 15 is 0 Å². The van der Waals surface area contributed by atoms with Crippen molar-refractivity contribution in [3.8, 4) is 0 Å². The number of aliphatic carboxylic acids is 1. The molecular formula is C16H18N2O3. The predicted molar refractivity (Wildman–Crippen MR) is 79.0 cm³/mol. The molecule has 0 spiro atoms. The molecule has 1 aromatic carbocycles. The summed E-state index contributed by atoms with van der Waals surface area (Å²) in [6, 6.07) is 7.58. The Morgan fingerprint density at radius 3 is 2.76 bits per heavy atom. The van der Waals surface area contributed by atoms with E-state index in [2.05, 4.69) is 5.32 Å². The van der Waals surface area contributed by atoms with Gasteiger partial charge in [-0.1, -0.05) is 18.2 Å². The molecule has 1 saturated carbocycles. The molecule has 0 atom stereocenters. The van der Waals surface area contributed by atoms with Crippen LogP contribution in [0.25, 0.3) is 10.9 Å². The first kappa shape index (κ1) is 13.7. The van der Waals surface area contributed by atoms with Crippen molar-refractivity contribution in [1.82, 2.24) is 9.88 Å². The molecule has 2 aromatic rings. The van der Waals surface area contributed by atoms with Gasteiger partial charge in [0, 0.05) is 23.6 Å². The highest BCUT2D eigenvalue weighted by atomic mass is 16.4. The average Bonchev–Trinajstić information content (AvgIpc) is 3.22. The maximum Gasteiger partial charge on any atom is 0.307 e. The van der Waals surface area contributed by atoms with Crippen molar-refractivity contribution >= 4 is 22.8 Å². The monoisotopic (exact) mass is 286 g/mol. The molecule has 1 aliphatic rings. The van der Waals surface area contributed by atoms with E-state index in [0.29, 0.717) is 5.92 Å². The second-order valence-corrected chi connectivity index (χ2v) is 5.62. The average molecular weight is 286 g/mol. The standard InChI is InChI=1S/C16H18N2O3/c19-15(17-8-11-5-6-11)10-18-9-12(7-16(20)21)13-3-1-2-4-14(13)18/h1-4,9,11H,5-8,10H2,(H,17,19)(H,20,21). The smallest absolute Gasteiger partial charge is 0.307 e. The molecular weight excluding hydrogens is 268 g/mol. The van der Waals surface area contributed by atoms with Gasteiger partial charge in [0.05, 0.1) is 6.42 Å². The molecule has 5 nitrogen and oxygen atoms in total. The minimum Gasteiger partial charge on any atom is -0.481 e. The number of nitrogens with zero attached hydrogens (tertiary/aromatic N) is 1. The van der Waals surface area contributed by atoms with Gasteiger partial charge in [-0.25, -0.2) is 0 Å². The van der Waals surface area contributed by atoms with Gasteiger partial charge >= 0.3 is 5.97 Å². The van der Waals surface area contributed by atoms with Gasteiger partial charge in [-0.2, -0.15) is 0 Å². The molecule has 1 amide bonds. The highest BCUT2D eigenvalue weighted by molar-refractivity contribution is 5.89. The molecule has 1 heterocycles. The van der Waals surface area contributed by atoms with E-state index in [0.717, 1.165) is 23.0 Å². The van der Waals surface area contributed by atoms with Gasteiger partial charge in [-0.15, -0.1) is 0 Å². The lowest BCUT2D eigenvalue weighted by atomic mass is 10.1. The highest BCUT2D eigenvalue weighted by Crippen LogP contribution is 2.27. The maximum atomic E-state index is 12.0. The van der Waals surface area contributed by atoms with Gasteiger partial charge in [0.1, 0.15) is 6.54 Å². The van der Waals surface area contributed by atoms with E-state index in [1.807, 2.05) is 28.8 Å². The second-order valence-electron chi connectivity index (χ2n) is 5.62. The number of fused-ring (bicyclic) bond motifs is 1. The van der Waals surface area contributed by atoms with Gasteiger partial charge in [0.15, 0.2) is 0 Å². The molecule has 1 fully saturated rings. The molecule has 2 N–H and O–H groups in total. The highest BCUT2D eigenvalue weighted by Gasteiger charge is 2.21. The van der Waals surface area contributed by atoms with Crippen molar-refractivity contribution in [3.63, 3.8) is 0 Å². The number of carboxylic acid groups (broad SMARTS) is 1. The minimum absolute atomic E-state index is 0.0236. The van der Waals surface area contributed by atoms with Gasteiger partial charge < -0.3 is 15.0 Å². The topological polar surface area (TPSA) is 71.3 Å². The quantitative estimate of drug-likeness (QED) is 0.850. The van der Waals surface area contributed by atoms with Crippen LogP contribution in [-0.4, -0.2) is 28.1 Å². The minimum atomic E-state index is -0.865. The lowest BCUT2D eigenvalue weighted by Crippen LogP contribution is -2.29. The summed E-state index contributed by atoms with van der Waals surface area (Å²) in [6.07, 6.45) is 4.15. The maximum absolute atomic E-state index is 12.0. The van der Waals surface area contributed by atoms with Crippen molar-refractivity contribution in [2.24, 2.45) is 5.92 Å². The lowest BCUT2D eigenvalue weighted by molar-refractivity contribution is -0.136. The Hall–Kier alpha value is -2.30. The molecule has 5 heteroatoms. The number of benzene rings is 1. The summed E-state index contributed by atoms with van der Waals surface area (Å²) in [4.78, 5) is 22.9. The lowest BCUT2D eigenvalue weighted by Gasteiger charge is -2.06. The van der Waals surface area contributed by atoms with E-state index in [9.17, 15) is 9.59 Å². The molecule has 21 heavy (non-hydrogen) atoms. The Labute approximate surface area is 122 Å². The molecule has 0 unspecified atom stereocenters. The normalized spacial score (nSPS) is 14.3. The van der Waals surface area contributed by atoms with Crippen molar-refractivity contribution < 1.29 is 14.7 Å². The van der Waals surface area contributed by atoms with Gasteiger partial charge in [-0.05, 0) is 30.4 Å². The number of aromatic nitrogens is 1. The first-order valence-corrected chi connectivity index (χ1v) is 7.18. The summed E-state index contributed by atoms with van der Waals surface area (Å²) in [7, 11) is 0. The van der Waals surface area contributed by atoms with Crippen LogP contribution in [0.1, 0.15) is 18.4 Å². The van der Waals surface area contributed by atoms with Crippen molar-refractivity contribution in [2.75, 3.05) is 6.54 Å². The van der Waals surface area contributed by atoms with E-state index in [-0.39, 0.29) is 18.9 Å².